The number of rotatable bonds is 62. The summed E-state index contributed by atoms with van der Waals surface area (Å²) in [5, 5.41) is 8.08. The van der Waals surface area contributed by atoms with Gasteiger partial charge in [-0.1, -0.05) is 13.8 Å². The fourth-order valence-electron chi connectivity index (χ4n) is 5.71. The SMILES string of the molecule is CCCOCCOCCOCCOCCOCCOCCOCCOCCC(=O)NCCCC[C@@H](NC(=O)CCOCCOCCOCCOCCOCCOCCOCCOCCC)C(=O)NC(CS)C(N)=O. The Bertz CT molecular complexity index is 1240. The fourth-order valence-corrected chi connectivity index (χ4v) is 5.98. The predicted octanol–water partition coefficient (Wildman–Crippen LogP) is 0.523. The van der Waals surface area contributed by atoms with Crippen molar-refractivity contribution in [2.24, 2.45) is 5.73 Å². The van der Waals surface area contributed by atoms with Gasteiger partial charge in [0.1, 0.15) is 12.1 Å². The van der Waals surface area contributed by atoms with Gasteiger partial charge >= 0.3 is 0 Å². The lowest BCUT2D eigenvalue weighted by Crippen LogP contribution is -2.53. The van der Waals surface area contributed by atoms with Crippen LogP contribution in [0.2, 0.25) is 0 Å². The molecular weight excluding hydrogens is 997 g/mol. The van der Waals surface area contributed by atoms with E-state index in [2.05, 4.69) is 42.4 Å². The number of carbonyl (C=O) groups excluding carboxylic acids is 4. The zero-order valence-corrected chi connectivity index (χ0v) is 45.7. The molecule has 25 heteroatoms. The Morgan fingerprint density at radius 3 is 0.905 bits per heavy atom. The first-order chi connectivity index (χ1) is 36.3. The molecule has 1 unspecified atom stereocenters. The van der Waals surface area contributed by atoms with Gasteiger partial charge in [-0.2, -0.15) is 12.6 Å². The van der Waals surface area contributed by atoms with Gasteiger partial charge in [-0.25, -0.2) is 0 Å². The summed E-state index contributed by atoms with van der Waals surface area (Å²) in [4.78, 5) is 49.8. The van der Waals surface area contributed by atoms with Crippen LogP contribution in [-0.4, -0.2) is 259 Å². The van der Waals surface area contributed by atoms with E-state index in [1.807, 2.05) is 0 Å². The van der Waals surface area contributed by atoms with Crippen LogP contribution in [0.15, 0.2) is 0 Å². The highest BCUT2D eigenvalue weighted by Crippen LogP contribution is 2.04. The van der Waals surface area contributed by atoms with Gasteiger partial charge in [0.15, 0.2) is 0 Å². The van der Waals surface area contributed by atoms with Gasteiger partial charge in [-0.3, -0.25) is 19.2 Å². The molecular formula is C49H96N4O20S. The summed E-state index contributed by atoms with van der Waals surface area (Å²) in [7, 11) is 0. The van der Waals surface area contributed by atoms with E-state index in [1.165, 1.54) is 0 Å². The fraction of sp³-hybridized carbons (Fsp3) is 0.918. The van der Waals surface area contributed by atoms with Crippen LogP contribution < -0.4 is 21.7 Å². The van der Waals surface area contributed by atoms with Crippen molar-refractivity contribution in [1.29, 1.82) is 0 Å². The number of nitrogens with two attached hydrogens (primary N) is 1. The quantitative estimate of drug-likeness (QED) is 0.0410. The summed E-state index contributed by atoms with van der Waals surface area (Å²) >= 11 is 4.09. The highest BCUT2D eigenvalue weighted by atomic mass is 32.1. The third-order valence-corrected chi connectivity index (χ3v) is 9.95. The first-order valence-electron chi connectivity index (χ1n) is 26.4. The van der Waals surface area contributed by atoms with E-state index in [-0.39, 0.29) is 50.7 Å². The van der Waals surface area contributed by atoms with E-state index < -0.39 is 29.8 Å². The molecule has 0 saturated carbocycles. The van der Waals surface area contributed by atoms with E-state index >= 15 is 0 Å². The molecule has 0 rings (SSSR count). The molecule has 4 amide bonds. The maximum Gasteiger partial charge on any atom is 0.243 e. The van der Waals surface area contributed by atoms with Crippen LogP contribution in [0.1, 0.15) is 58.8 Å². The normalized spacial score (nSPS) is 12.3. The van der Waals surface area contributed by atoms with Crippen molar-refractivity contribution in [3.05, 3.63) is 0 Å². The van der Waals surface area contributed by atoms with E-state index in [9.17, 15) is 19.2 Å². The number of unbranched alkanes of at least 4 members (excludes halogenated alkanes) is 1. The van der Waals surface area contributed by atoms with Crippen molar-refractivity contribution in [1.82, 2.24) is 16.0 Å². The predicted molar refractivity (Wildman–Crippen MR) is 277 cm³/mol. The molecule has 0 aromatic rings. The van der Waals surface area contributed by atoms with E-state index in [0.29, 0.717) is 198 Å². The van der Waals surface area contributed by atoms with Gasteiger partial charge in [-0.05, 0) is 32.1 Å². The molecule has 438 valence electrons. The maximum atomic E-state index is 13.0. The molecule has 0 heterocycles. The molecule has 0 aromatic heterocycles. The Hall–Kier alpha value is -2.41. The van der Waals surface area contributed by atoms with Crippen LogP contribution in [0.5, 0.6) is 0 Å². The van der Waals surface area contributed by atoms with Crippen LogP contribution in [0, 0.1) is 0 Å². The van der Waals surface area contributed by atoms with Gasteiger partial charge in [-0.15, -0.1) is 0 Å². The van der Waals surface area contributed by atoms with Crippen LogP contribution in [0.4, 0.5) is 0 Å². The van der Waals surface area contributed by atoms with Gasteiger partial charge < -0.3 is 97.5 Å². The van der Waals surface area contributed by atoms with E-state index in [0.717, 1.165) is 26.1 Å². The number of ether oxygens (including phenoxy) is 16. The average molecular weight is 1090 g/mol. The number of amides is 4. The molecule has 0 bridgehead atoms. The monoisotopic (exact) mass is 1090 g/mol. The van der Waals surface area contributed by atoms with Crippen molar-refractivity contribution >= 4 is 36.3 Å². The molecule has 24 nitrogen and oxygen atoms in total. The summed E-state index contributed by atoms with van der Waals surface area (Å²) in [6.45, 7) is 19.2. The van der Waals surface area contributed by atoms with E-state index in [1.54, 1.807) is 0 Å². The second kappa shape index (κ2) is 59.8. The van der Waals surface area contributed by atoms with Crippen LogP contribution in [0.25, 0.3) is 0 Å². The third kappa shape index (κ3) is 54.4. The molecule has 2 atom stereocenters. The lowest BCUT2D eigenvalue weighted by Gasteiger charge is -2.21. The van der Waals surface area contributed by atoms with Crippen molar-refractivity contribution in [3.63, 3.8) is 0 Å². The van der Waals surface area contributed by atoms with E-state index in [4.69, 9.17) is 81.5 Å². The number of hydrogen-bond acceptors (Lipinski definition) is 21. The van der Waals surface area contributed by atoms with Crippen molar-refractivity contribution in [2.45, 2.75) is 70.9 Å². The molecule has 0 aliphatic carbocycles. The second-order valence-corrected chi connectivity index (χ2v) is 16.3. The highest BCUT2D eigenvalue weighted by molar-refractivity contribution is 7.80. The van der Waals surface area contributed by atoms with Crippen molar-refractivity contribution < 1.29 is 95.0 Å². The summed E-state index contributed by atoms with van der Waals surface area (Å²) in [5.41, 5.74) is 5.38. The molecule has 0 spiro atoms. The molecule has 0 saturated heterocycles. The molecule has 0 aliphatic heterocycles. The largest absolute Gasteiger partial charge is 0.379 e. The lowest BCUT2D eigenvalue weighted by atomic mass is 10.1. The standard InChI is InChI=1S/C49H96N4O20S/c1-3-11-58-15-19-62-23-27-66-31-35-70-39-41-72-37-33-68-29-25-64-21-17-60-13-8-46(54)51-10-6-5-7-44(49(57)53-45(43-74)48(50)56)52-47(55)9-14-61-18-22-65-26-30-69-34-38-73-42-40-71-36-32-67-28-24-63-20-16-59-12-4-2/h44-45,74H,3-43H2,1-2H3,(H2,50,56)(H,51,54)(H,52,55)(H,53,57)/t44-,45?/m1/s1. The Morgan fingerprint density at radius 2 is 0.635 bits per heavy atom. The van der Waals surface area contributed by atoms with Crippen LogP contribution >= 0.6 is 12.6 Å². The first-order valence-corrected chi connectivity index (χ1v) is 27.0. The highest BCUT2D eigenvalue weighted by Gasteiger charge is 2.25. The minimum Gasteiger partial charge on any atom is -0.379 e. The zero-order valence-electron chi connectivity index (χ0n) is 44.8. The van der Waals surface area contributed by atoms with Crippen LogP contribution in [-0.2, 0) is 95.0 Å². The van der Waals surface area contributed by atoms with Crippen LogP contribution in [0.3, 0.4) is 0 Å². The first kappa shape index (κ1) is 71.6. The van der Waals surface area contributed by atoms with Crippen molar-refractivity contribution in [2.75, 3.05) is 224 Å². The van der Waals surface area contributed by atoms with Gasteiger partial charge in [0.25, 0.3) is 0 Å². The summed E-state index contributed by atoms with van der Waals surface area (Å²) < 4.78 is 87.4. The third-order valence-electron chi connectivity index (χ3n) is 9.59. The summed E-state index contributed by atoms with van der Waals surface area (Å²) in [5.74, 6) is -1.89. The molecule has 0 aromatic carbocycles. The zero-order chi connectivity index (χ0) is 53.9. The van der Waals surface area contributed by atoms with Gasteiger partial charge in [0, 0.05) is 38.4 Å². The minimum atomic E-state index is -1.00. The van der Waals surface area contributed by atoms with Gasteiger partial charge in [0.2, 0.25) is 23.6 Å². The molecule has 0 fully saturated rings. The number of primary amides is 1. The Balaban J connectivity index is 3.85. The Morgan fingerprint density at radius 1 is 0.365 bits per heavy atom. The Kier molecular flexibility index (Phi) is 57.9. The summed E-state index contributed by atoms with van der Waals surface area (Å²) in [6, 6.07) is -1.94. The lowest BCUT2D eigenvalue weighted by molar-refractivity contribution is -0.131. The topological polar surface area (TPSA) is 278 Å². The second-order valence-electron chi connectivity index (χ2n) is 15.9. The molecule has 74 heavy (non-hydrogen) atoms. The maximum absolute atomic E-state index is 13.0. The number of carbonyl (C=O) groups is 4. The smallest absolute Gasteiger partial charge is 0.243 e. The summed E-state index contributed by atoms with van der Waals surface area (Å²) in [6.07, 6.45) is 3.47. The number of nitrogens with one attached hydrogen (secondary N) is 3. The number of thiol groups is 1. The minimum absolute atomic E-state index is 0.00125. The average Bonchev–Trinajstić information content (AvgIpc) is 3.39. The molecule has 0 aliphatic rings. The van der Waals surface area contributed by atoms with Crippen molar-refractivity contribution in [3.8, 4) is 0 Å². The molecule has 5 N–H and O–H groups in total. The number of hydrogen-bond donors (Lipinski definition) is 5. The molecule has 0 radical (unpaired) electrons. The van der Waals surface area contributed by atoms with Gasteiger partial charge in [0.05, 0.1) is 198 Å². The Labute approximate surface area is 446 Å².